The van der Waals surface area contributed by atoms with E-state index in [0.717, 1.165) is 33.7 Å². The summed E-state index contributed by atoms with van der Waals surface area (Å²) in [5, 5.41) is 18.5. The Hall–Kier alpha value is -4.44. The molecule has 2 heterocycles. The van der Waals surface area contributed by atoms with Crippen LogP contribution >= 0.6 is 11.8 Å². The zero-order chi connectivity index (χ0) is 28.9. The standard InChI is InChI=1S/C31H30N4O5S/c1-19-8-10-21(11-9-19)24-17-26(22-12-14-23(40-2)15-13-22)35(34-24)31-33-29(37)27(41-31)18-28(36)32-25(30(38)39)16-20-6-4-3-5-7-20/h3-15,25-27H,16-18H2,1-2H3,(H,32,36)(H,38,39)/t25-,26+,27+/m1/s1. The first-order valence-electron chi connectivity index (χ1n) is 13.2. The van der Waals surface area contributed by atoms with Crippen molar-refractivity contribution in [3.05, 3.63) is 101 Å². The molecule has 10 heteroatoms. The maximum atomic E-state index is 12.9. The third kappa shape index (κ3) is 6.66. The highest BCUT2D eigenvalue weighted by Gasteiger charge is 2.39. The Labute approximate surface area is 242 Å². The Morgan fingerprint density at radius 1 is 1.07 bits per heavy atom. The molecule has 2 aliphatic rings. The minimum Gasteiger partial charge on any atom is -0.497 e. The van der Waals surface area contributed by atoms with E-state index in [2.05, 4.69) is 10.3 Å². The molecule has 9 nitrogen and oxygen atoms in total. The van der Waals surface area contributed by atoms with Crippen molar-refractivity contribution in [1.29, 1.82) is 0 Å². The molecule has 0 saturated heterocycles. The molecule has 0 aliphatic carbocycles. The molecule has 0 bridgehead atoms. The van der Waals surface area contributed by atoms with Crippen LogP contribution in [-0.2, 0) is 20.8 Å². The maximum Gasteiger partial charge on any atom is 0.326 e. The lowest BCUT2D eigenvalue weighted by Gasteiger charge is -2.23. The molecule has 3 atom stereocenters. The fourth-order valence-corrected chi connectivity index (χ4v) is 5.83. The minimum absolute atomic E-state index is 0.142. The summed E-state index contributed by atoms with van der Waals surface area (Å²) in [5.41, 5.74) is 4.78. The molecule has 5 rings (SSSR count). The molecule has 210 valence electrons. The molecule has 0 saturated carbocycles. The van der Waals surface area contributed by atoms with Crippen molar-refractivity contribution in [2.45, 2.75) is 43.5 Å². The number of benzene rings is 3. The second kappa shape index (κ2) is 12.4. The molecule has 3 aromatic carbocycles. The number of amides is 2. The van der Waals surface area contributed by atoms with Gasteiger partial charge in [0.2, 0.25) is 5.91 Å². The van der Waals surface area contributed by atoms with Gasteiger partial charge < -0.3 is 15.2 Å². The number of carbonyl (C=O) groups is 3. The van der Waals surface area contributed by atoms with E-state index < -0.39 is 29.1 Å². The van der Waals surface area contributed by atoms with Crippen LogP contribution in [0.3, 0.4) is 0 Å². The molecule has 0 fully saturated rings. The van der Waals surface area contributed by atoms with Gasteiger partial charge in [0.25, 0.3) is 5.91 Å². The van der Waals surface area contributed by atoms with Gasteiger partial charge in [-0.15, -0.1) is 0 Å². The van der Waals surface area contributed by atoms with Crippen LogP contribution in [-0.4, -0.2) is 57.2 Å². The average molecular weight is 571 g/mol. The van der Waals surface area contributed by atoms with Crippen LogP contribution in [0, 0.1) is 6.92 Å². The van der Waals surface area contributed by atoms with Gasteiger partial charge >= 0.3 is 5.97 Å². The highest BCUT2D eigenvalue weighted by atomic mass is 32.2. The van der Waals surface area contributed by atoms with E-state index in [-0.39, 0.29) is 18.9 Å². The first kappa shape index (κ1) is 28.1. The summed E-state index contributed by atoms with van der Waals surface area (Å²) >= 11 is 1.18. The fourth-order valence-electron chi connectivity index (χ4n) is 4.77. The fraction of sp³-hybridized carbons (Fsp3) is 0.258. The number of hydrazone groups is 1. The van der Waals surface area contributed by atoms with Crippen LogP contribution in [0.15, 0.2) is 89.0 Å². The quantitative estimate of drug-likeness (QED) is 0.392. The molecule has 41 heavy (non-hydrogen) atoms. The van der Waals surface area contributed by atoms with Crippen molar-refractivity contribution >= 4 is 40.4 Å². The molecule has 0 spiro atoms. The Balaban J connectivity index is 1.31. The maximum absolute atomic E-state index is 12.9. The number of carboxylic acid groups (broad SMARTS) is 1. The Kier molecular flexibility index (Phi) is 8.49. The normalized spacial score (nSPS) is 19.0. The van der Waals surface area contributed by atoms with E-state index >= 15 is 0 Å². The second-order valence-corrected chi connectivity index (χ2v) is 11.1. The molecule has 2 aliphatic heterocycles. The number of aliphatic imine (C=N–C) groups is 1. The number of carbonyl (C=O) groups excluding carboxylic acids is 2. The number of aryl methyl sites for hydroxylation is 1. The Bertz CT molecular complexity index is 1490. The van der Waals surface area contributed by atoms with Crippen LogP contribution in [0.4, 0.5) is 0 Å². The molecule has 2 N–H and O–H groups in total. The van der Waals surface area contributed by atoms with Crippen LogP contribution in [0.5, 0.6) is 5.75 Å². The number of ether oxygens (including phenoxy) is 1. The summed E-state index contributed by atoms with van der Waals surface area (Å²) in [6, 6.07) is 23.6. The summed E-state index contributed by atoms with van der Waals surface area (Å²) in [4.78, 5) is 41.8. The van der Waals surface area contributed by atoms with Crippen LogP contribution < -0.4 is 10.1 Å². The number of nitrogens with one attached hydrogen (secondary N) is 1. The molecule has 2 amide bonds. The summed E-state index contributed by atoms with van der Waals surface area (Å²) < 4.78 is 5.31. The number of amidine groups is 1. The van der Waals surface area contributed by atoms with Crippen molar-refractivity contribution in [1.82, 2.24) is 10.3 Å². The minimum atomic E-state index is -1.14. The molecule has 0 radical (unpaired) electrons. The molecule has 3 aromatic rings. The third-order valence-corrected chi connectivity index (χ3v) is 8.15. The highest BCUT2D eigenvalue weighted by Crippen LogP contribution is 2.39. The average Bonchev–Trinajstić information content (AvgIpc) is 3.57. The van der Waals surface area contributed by atoms with E-state index in [1.807, 2.05) is 73.7 Å². The van der Waals surface area contributed by atoms with Gasteiger partial charge in [0.1, 0.15) is 17.0 Å². The molecular formula is C31H30N4O5S. The Morgan fingerprint density at radius 3 is 2.44 bits per heavy atom. The van der Waals surface area contributed by atoms with E-state index in [9.17, 15) is 19.5 Å². The van der Waals surface area contributed by atoms with Crippen molar-refractivity contribution in [3.8, 4) is 5.75 Å². The molecule has 0 unspecified atom stereocenters. The predicted molar refractivity (Wildman–Crippen MR) is 158 cm³/mol. The number of carboxylic acids is 1. The van der Waals surface area contributed by atoms with Gasteiger partial charge in [-0.05, 0) is 35.7 Å². The number of thioether (sulfide) groups is 1. The van der Waals surface area contributed by atoms with Gasteiger partial charge in [0, 0.05) is 19.3 Å². The number of methoxy groups -OCH3 is 1. The van der Waals surface area contributed by atoms with Crippen LogP contribution in [0.1, 0.15) is 41.1 Å². The summed E-state index contributed by atoms with van der Waals surface area (Å²) in [6.07, 6.45) is 0.558. The zero-order valence-corrected chi connectivity index (χ0v) is 23.5. The first-order valence-corrected chi connectivity index (χ1v) is 14.1. The van der Waals surface area contributed by atoms with E-state index in [4.69, 9.17) is 9.84 Å². The number of hydrogen-bond donors (Lipinski definition) is 2. The van der Waals surface area contributed by atoms with E-state index in [1.165, 1.54) is 11.8 Å². The topological polar surface area (TPSA) is 121 Å². The van der Waals surface area contributed by atoms with Crippen molar-refractivity contribution in [3.63, 3.8) is 0 Å². The summed E-state index contributed by atoms with van der Waals surface area (Å²) in [5.74, 6) is -1.36. The van der Waals surface area contributed by atoms with Gasteiger partial charge in [-0.25, -0.2) is 9.80 Å². The van der Waals surface area contributed by atoms with Crippen molar-refractivity contribution in [2.24, 2.45) is 10.1 Å². The summed E-state index contributed by atoms with van der Waals surface area (Å²) in [6.45, 7) is 2.03. The smallest absolute Gasteiger partial charge is 0.326 e. The van der Waals surface area contributed by atoms with E-state index in [1.54, 1.807) is 24.3 Å². The predicted octanol–water partition coefficient (Wildman–Crippen LogP) is 4.35. The number of aliphatic carboxylic acids is 1. The lowest BCUT2D eigenvalue weighted by Crippen LogP contribution is -2.43. The summed E-state index contributed by atoms with van der Waals surface area (Å²) in [7, 11) is 1.61. The Morgan fingerprint density at radius 2 is 1.78 bits per heavy atom. The molecule has 0 aromatic heterocycles. The second-order valence-electron chi connectivity index (χ2n) is 9.94. The molecular weight excluding hydrogens is 540 g/mol. The van der Waals surface area contributed by atoms with Gasteiger partial charge in [-0.1, -0.05) is 84.1 Å². The zero-order valence-electron chi connectivity index (χ0n) is 22.7. The largest absolute Gasteiger partial charge is 0.497 e. The first-order chi connectivity index (χ1) is 19.8. The lowest BCUT2D eigenvalue weighted by atomic mass is 9.98. The van der Waals surface area contributed by atoms with Gasteiger partial charge in [0.15, 0.2) is 5.17 Å². The van der Waals surface area contributed by atoms with Crippen molar-refractivity contribution in [2.75, 3.05) is 7.11 Å². The van der Waals surface area contributed by atoms with Gasteiger partial charge in [0.05, 0.1) is 18.9 Å². The van der Waals surface area contributed by atoms with Crippen molar-refractivity contribution < 1.29 is 24.2 Å². The number of nitrogens with zero attached hydrogens (tertiary/aromatic N) is 3. The monoisotopic (exact) mass is 570 g/mol. The van der Waals surface area contributed by atoms with E-state index in [0.29, 0.717) is 11.6 Å². The third-order valence-electron chi connectivity index (χ3n) is 7.01. The van der Waals surface area contributed by atoms with Gasteiger partial charge in [-0.3, -0.25) is 9.59 Å². The number of rotatable bonds is 9. The van der Waals surface area contributed by atoms with Crippen LogP contribution in [0.25, 0.3) is 0 Å². The highest BCUT2D eigenvalue weighted by molar-refractivity contribution is 8.15. The number of hydrogen-bond acceptors (Lipinski definition) is 7. The van der Waals surface area contributed by atoms with Gasteiger partial charge in [-0.2, -0.15) is 10.1 Å². The lowest BCUT2D eigenvalue weighted by molar-refractivity contribution is -0.141. The SMILES string of the molecule is COc1ccc([C@@H]2CC(c3ccc(C)cc3)=NN2C2=NC(=O)[C@H](CC(=O)N[C@H](Cc3ccccc3)C(=O)O)S2)cc1. The van der Waals surface area contributed by atoms with Crippen LogP contribution in [0.2, 0.25) is 0 Å².